The molecular weight excluding hydrogens is 579 g/mol. The van der Waals surface area contributed by atoms with Crippen LogP contribution in [0.3, 0.4) is 0 Å². The molecule has 0 spiro atoms. The molecule has 0 aromatic carbocycles. The van der Waals surface area contributed by atoms with Gasteiger partial charge in [0.15, 0.2) is 0 Å². The standard InChI is InChI=1S/C41H80O4.Na.H/c1-7-11-15-17-19-21-23-25-27-31-35-40(5,33-29-13-9-3)44-38(42)37-39(43)45-41(6,34-30-14-10-4)36-32-28-26-24-22-20-18-16-12-8-2;;/h7-37H2,1-6H3;;. The van der Waals surface area contributed by atoms with E-state index in [9.17, 15) is 9.59 Å². The SMILES string of the molecule is CCCCCCCCCCCCC(C)(CCCCC)OC(=O)CC(=O)OC(C)(CCCCC)CCCCCCCCCCCC.[NaH]. The van der Waals surface area contributed by atoms with Gasteiger partial charge in [-0.05, 0) is 65.2 Å². The van der Waals surface area contributed by atoms with Crippen molar-refractivity contribution in [2.75, 3.05) is 0 Å². The molecule has 0 saturated heterocycles. The van der Waals surface area contributed by atoms with E-state index in [0.717, 1.165) is 77.0 Å². The molecule has 4 nitrogen and oxygen atoms in total. The summed E-state index contributed by atoms with van der Waals surface area (Å²) < 4.78 is 12.2. The van der Waals surface area contributed by atoms with Gasteiger partial charge in [0.25, 0.3) is 0 Å². The molecule has 46 heavy (non-hydrogen) atoms. The average Bonchev–Trinajstić information content (AvgIpc) is 2.99. The summed E-state index contributed by atoms with van der Waals surface area (Å²) in [6.45, 7) is 13.1. The van der Waals surface area contributed by atoms with E-state index in [1.165, 1.54) is 116 Å². The quantitative estimate of drug-likeness (QED) is 0.0298. The summed E-state index contributed by atoms with van der Waals surface area (Å²) in [7, 11) is 0. The normalized spacial score (nSPS) is 13.9. The number of carbonyl (C=O) groups is 2. The van der Waals surface area contributed by atoms with Crippen molar-refractivity contribution in [2.24, 2.45) is 0 Å². The first-order chi connectivity index (χ1) is 21.7. The van der Waals surface area contributed by atoms with E-state index in [-0.39, 0.29) is 36.0 Å². The van der Waals surface area contributed by atoms with Gasteiger partial charge in [0.05, 0.1) is 0 Å². The van der Waals surface area contributed by atoms with Crippen LogP contribution in [0.1, 0.15) is 241 Å². The first kappa shape index (κ1) is 48.1. The molecule has 270 valence electrons. The third kappa shape index (κ3) is 30.0. The van der Waals surface area contributed by atoms with Gasteiger partial charge in [-0.3, -0.25) is 9.59 Å². The molecule has 0 amide bonds. The van der Waals surface area contributed by atoms with Crippen LogP contribution >= 0.6 is 0 Å². The van der Waals surface area contributed by atoms with Crippen LogP contribution in [0.2, 0.25) is 0 Å². The molecule has 0 aliphatic carbocycles. The maximum atomic E-state index is 13.1. The number of hydrogen-bond donors (Lipinski definition) is 0. The van der Waals surface area contributed by atoms with Crippen molar-refractivity contribution in [3.63, 3.8) is 0 Å². The summed E-state index contributed by atoms with van der Waals surface area (Å²) in [6.07, 6.45) is 35.8. The molecule has 0 aromatic heterocycles. The molecule has 0 rings (SSSR count). The van der Waals surface area contributed by atoms with Gasteiger partial charge in [-0.1, -0.05) is 169 Å². The summed E-state index contributed by atoms with van der Waals surface area (Å²) in [6, 6.07) is 0. The van der Waals surface area contributed by atoms with Crippen molar-refractivity contribution < 1.29 is 19.1 Å². The summed E-state index contributed by atoms with van der Waals surface area (Å²) in [5.41, 5.74) is -0.986. The molecule has 0 radical (unpaired) electrons. The van der Waals surface area contributed by atoms with E-state index < -0.39 is 23.1 Å². The zero-order chi connectivity index (χ0) is 33.5. The van der Waals surface area contributed by atoms with Gasteiger partial charge in [0, 0.05) is 0 Å². The van der Waals surface area contributed by atoms with Crippen LogP contribution in [0.15, 0.2) is 0 Å². The van der Waals surface area contributed by atoms with Crippen LogP contribution in [0.4, 0.5) is 0 Å². The van der Waals surface area contributed by atoms with Crippen LogP contribution < -0.4 is 0 Å². The van der Waals surface area contributed by atoms with Gasteiger partial charge in [0.1, 0.15) is 17.6 Å². The second-order valence-electron chi connectivity index (χ2n) is 14.8. The number of carbonyl (C=O) groups excluding carboxylic acids is 2. The minimum atomic E-state index is -0.493. The number of ether oxygens (including phenoxy) is 2. The maximum absolute atomic E-state index is 13.1. The Morgan fingerprint density at radius 1 is 0.370 bits per heavy atom. The van der Waals surface area contributed by atoms with Crippen molar-refractivity contribution >= 4 is 41.5 Å². The van der Waals surface area contributed by atoms with Gasteiger partial charge in [-0.2, -0.15) is 0 Å². The zero-order valence-electron chi connectivity index (χ0n) is 31.6. The second-order valence-corrected chi connectivity index (χ2v) is 14.8. The van der Waals surface area contributed by atoms with Crippen LogP contribution in [0, 0.1) is 0 Å². The van der Waals surface area contributed by atoms with E-state index in [1.54, 1.807) is 0 Å². The molecule has 2 unspecified atom stereocenters. The van der Waals surface area contributed by atoms with Gasteiger partial charge in [-0.25, -0.2) is 0 Å². The van der Waals surface area contributed by atoms with Crippen LogP contribution in [-0.4, -0.2) is 52.7 Å². The van der Waals surface area contributed by atoms with Crippen molar-refractivity contribution in [1.29, 1.82) is 0 Å². The predicted molar refractivity (Wildman–Crippen MR) is 202 cm³/mol. The van der Waals surface area contributed by atoms with E-state index in [0.29, 0.717) is 0 Å². The molecule has 0 aliphatic rings. The van der Waals surface area contributed by atoms with Crippen molar-refractivity contribution in [1.82, 2.24) is 0 Å². The third-order valence-electron chi connectivity index (χ3n) is 9.75. The van der Waals surface area contributed by atoms with E-state index in [1.807, 2.05) is 0 Å². The van der Waals surface area contributed by atoms with E-state index >= 15 is 0 Å². The minimum absolute atomic E-state index is 0. The van der Waals surface area contributed by atoms with E-state index in [2.05, 4.69) is 41.5 Å². The molecule has 0 fully saturated rings. The fourth-order valence-electron chi connectivity index (χ4n) is 6.66. The molecule has 0 N–H and O–H groups in total. The predicted octanol–water partition coefficient (Wildman–Crippen LogP) is 13.1. The Balaban J connectivity index is 0. The average molecular weight is 661 g/mol. The van der Waals surface area contributed by atoms with Crippen molar-refractivity contribution in [3.8, 4) is 0 Å². The summed E-state index contributed by atoms with van der Waals surface area (Å²) in [5.74, 6) is -0.832. The van der Waals surface area contributed by atoms with Crippen LogP contribution in [-0.2, 0) is 19.1 Å². The van der Waals surface area contributed by atoms with Gasteiger partial charge in [-0.15, -0.1) is 0 Å². The second kappa shape index (κ2) is 33.4. The molecule has 0 bridgehead atoms. The Morgan fingerprint density at radius 2 is 0.565 bits per heavy atom. The monoisotopic (exact) mass is 661 g/mol. The first-order valence-corrected chi connectivity index (χ1v) is 20.2. The summed E-state index contributed by atoms with van der Waals surface area (Å²) in [4.78, 5) is 26.1. The Morgan fingerprint density at radius 3 is 0.826 bits per heavy atom. The number of rotatable bonds is 34. The topological polar surface area (TPSA) is 52.6 Å². The van der Waals surface area contributed by atoms with Crippen molar-refractivity contribution in [3.05, 3.63) is 0 Å². The Kier molecular flexibility index (Phi) is 34.9. The third-order valence-corrected chi connectivity index (χ3v) is 9.75. The molecule has 0 aliphatic heterocycles. The van der Waals surface area contributed by atoms with Gasteiger partial charge < -0.3 is 9.47 Å². The molecular formula is C41H81NaO4. The van der Waals surface area contributed by atoms with Crippen molar-refractivity contribution in [2.45, 2.75) is 252 Å². The zero-order valence-corrected chi connectivity index (χ0v) is 31.6. The Hall–Kier alpha value is -0.0600. The van der Waals surface area contributed by atoms with Crippen LogP contribution in [0.25, 0.3) is 0 Å². The molecule has 0 saturated carbocycles. The number of unbranched alkanes of at least 4 members (excludes halogenated alkanes) is 22. The fourth-order valence-corrected chi connectivity index (χ4v) is 6.66. The first-order valence-electron chi connectivity index (χ1n) is 20.2. The van der Waals surface area contributed by atoms with Gasteiger partial charge >= 0.3 is 41.5 Å². The molecule has 5 heteroatoms. The molecule has 0 heterocycles. The fraction of sp³-hybridized carbons (Fsp3) is 0.951. The molecule has 0 aromatic rings. The van der Waals surface area contributed by atoms with E-state index in [4.69, 9.17) is 9.47 Å². The van der Waals surface area contributed by atoms with Crippen LogP contribution in [0.5, 0.6) is 0 Å². The Labute approximate surface area is 310 Å². The number of esters is 2. The van der Waals surface area contributed by atoms with Gasteiger partial charge in [0.2, 0.25) is 0 Å². The molecule has 2 atom stereocenters. The Bertz CT molecular complexity index is 627. The summed E-state index contributed by atoms with van der Waals surface area (Å²) >= 11 is 0. The number of hydrogen-bond acceptors (Lipinski definition) is 4. The summed E-state index contributed by atoms with van der Waals surface area (Å²) in [5, 5.41) is 0.